The number of nitrogens with one attached hydrogen (secondary N) is 2. The average Bonchev–Trinajstić information content (AvgIpc) is 2.56. The number of methoxy groups -OCH3 is 1. The Morgan fingerprint density at radius 3 is 2.79 bits per heavy atom. The van der Waals surface area contributed by atoms with E-state index in [9.17, 15) is 18.3 Å². The van der Waals surface area contributed by atoms with Gasteiger partial charge in [-0.25, -0.2) is 8.42 Å². The van der Waals surface area contributed by atoms with Crippen molar-refractivity contribution in [2.45, 2.75) is 4.90 Å². The third kappa shape index (κ3) is 3.06. The number of benzene rings is 2. The summed E-state index contributed by atoms with van der Waals surface area (Å²) in [5.41, 5.74) is 0.247. The monoisotopic (exact) mass is 350 g/mol. The van der Waals surface area contributed by atoms with Crippen molar-refractivity contribution in [1.82, 2.24) is 0 Å². The highest BCUT2D eigenvalue weighted by Gasteiger charge is 2.22. The lowest BCUT2D eigenvalue weighted by atomic mass is 10.2. The van der Waals surface area contributed by atoms with Gasteiger partial charge in [-0.15, -0.1) is 0 Å². The van der Waals surface area contributed by atoms with Crippen molar-refractivity contribution in [3.8, 4) is 17.2 Å². The largest absolute Gasteiger partial charge is 0.506 e. The van der Waals surface area contributed by atoms with Gasteiger partial charge < -0.3 is 19.9 Å². The Kier molecular flexibility index (Phi) is 3.94. The Hall–Kier alpha value is -2.94. The van der Waals surface area contributed by atoms with E-state index >= 15 is 0 Å². The zero-order valence-electron chi connectivity index (χ0n) is 12.6. The van der Waals surface area contributed by atoms with E-state index in [0.717, 1.165) is 0 Å². The van der Waals surface area contributed by atoms with Crippen molar-refractivity contribution < 1.29 is 27.8 Å². The van der Waals surface area contributed by atoms with Crippen molar-refractivity contribution in [3.63, 3.8) is 0 Å². The summed E-state index contributed by atoms with van der Waals surface area (Å²) in [6.45, 7) is -0.116. The van der Waals surface area contributed by atoms with E-state index in [-0.39, 0.29) is 34.5 Å². The molecule has 2 aromatic carbocycles. The molecule has 0 unspecified atom stereocenters. The summed E-state index contributed by atoms with van der Waals surface area (Å²) in [5, 5.41) is 12.3. The van der Waals surface area contributed by atoms with Crippen LogP contribution in [0.5, 0.6) is 17.2 Å². The standard InChI is InChI=1S/C15H14N2O6S/c1-22-9-2-4-13(18)11(6-9)17-24(20,21)10-3-5-14-12(7-10)16-15(19)8-23-14/h2-7,17-18H,8H2,1H3,(H,16,19). The maximum atomic E-state index is 12.5. The van der Waals surface area contributed by atoms with E-state index in [1.807, 2.05) is 0 Å². The number of amides is 1. The van der Waals surface area contributed by atoms with Crippen LogP contribution in [-0.2, 0) is 14.8 Å². The fourth-order valence-corrected chi connectivity index (χ4v) is 3.25. The molecule has 0 bridgehead atoms. The molecule has 0 saturated carbocycles. The minimum Gasteiger partial charge on any atom is -0.506 e. The number of phenols is 1. The van der Waals surface area contributed by atoms with Gasteiger partial charge in [-0.1, -0.05) is 0 Å². The Balaban J connectivity index is 1.94. The lowest BCUT2D eigenvalue weighted by Gasteiger charge is -2.18. The van der Waals surface area contributed by atoms with Gasteiger partial charge in [-0.05, 0) is 30.3 Å². The second kappa shape index (κ2) is 5.93. The van der Waals surface area contributed by atoms with Crippen molar-refractivity contribution in [3.05, 3.63) is 36.4 Å². The zero-order chi connectivity index (χ0) is 17.3. The number of aromatic hydroxyl groups is 1. The summed E-state index contributed by atoms with van der Waals surface area (Å²) in [6.07, 6.45) is 0. The van der Waals surface area contributed by atoms with Gasteiger partial charge in [0.1, 0.15) is 17.2 Å². The lowest BCUT2D eigenvalue weighted by molar-refractivity contribution is -0.118. The molecule has 126 valence electrons. The number of fused-ring (bicyclic) bond motifs is 1. The Bertz CT molecular complexity index is 910. The predicted molar refractivity (Wildman–Crippen MR) is 86.0 cm³/mol. The Morgan fingerprint density at radius 1 is 1.25 bits per heavy atom. The fourth-order valence-electron chi connectivity index (χ4n) is 2.16. The van der Waals surface area contributed by atoms with Crippen molar-refractivity contribution in [2.75, 3.05) is 23.8 Å². The van der Waals surface area contributed by atoms with Crippen LogP contribution in [-0.4, -0.2) is 33.1 Å². The van der Waals surface area contributed by atoms with Crippen molar-refractivity contribution >= 4 is 27.3 Å². The third-order valence-electron chi connectivity index (χ3n) is 3.34. The second-order valence-electron chi connectivity index (χ2n) is 4.98. The molecular weight excluding hydrogens is 336 g/mol. The van der Waals surface area contributed by atoms with Crippen LogP contribution in [0.2, 0.25) is 0 Å². The van der Waals surface area contributed by atoms with E-state index in [2.05, 4.69) is 10.0 Å². The summed E-state index contributed by atoms with van der Waals surface area (Å²) in [6, 6.07) is 8.25. The number of anilines is 2. The fraction of sp³-hybridized carbons (Fsp3) is 0.133. The highest BCUT2D eigenvalue weighted by molar-refractivity contribution is 7.92. The van der Waals surface area contributed by atoms with Crippen LogP contribution in [0.15, 0.2) is 41.3 Å². The first-order chi connectivity index (χ1) is 11.4. The molecule has 0 fully saturated rings. The first-order valence-electron chi connectivity index (χ1n) is 6.85. The molecule has 8 nitrogen and oxygen atoms in total. The SMILES string of the molecule is COc1ccc(O)c(NS(=O)(=O)c2ccc3c(c2)NC(=O)CO3)c1. The molecule has 0 aliphatic carbocycles. The molecule has 1 amide bonds. The second-order valence-corrected chi connectivity index (χ2v) is 6.67. The van der Waals surface area contributed by atoms with Crippen LogP contribution in [0.25, 0.3) is 0 Å². The molecule has 3 rings (SSSR count). The minimum absolute atomic E-state index is 0.0210. The first kappa shape index (κ1) is 15.9. The van der Waals surface area contributed by atoms with Gasteiger partial charge in [0.05, 0.1) is 23.4 Å². The molecule has 1 heterocycles. The number of ether oxygens (including phenoxy) is 2. The van der Waals surface area contributed by atoms with Crippen LogP contribution < -0.4 is 19.5 Å². The van der Waals surface area contributed by atoms with E-state index in [1.54, 1.807) is 0 Å². The third-order valence-corrected chi connectivity index (χ3v) is 4.71. The number of rotatable bonds is 4. The molecule has 0 aromatic heterocycles. The van der Waals surface area contributed by atoms with Crippen LogP contribution >= 0.6 is 0 Å². The molecular formula is C15H14N2O6S. The molecule has 0 spiro atoms. The number of sulfonamides is 1. The molecule has 9 heteroatoms. The molecule has 1 aliphatic heterocycles. The molecule has 1 aliphatic rings. The van der Waals surface area contributed by atoms with Gasteiger partial charge in [-0.3, -0.25) is 9.52 Å². The van der Waals surface area contributed by atoms with Crippen LogP contribution in [0, 0.1) is 0 Å². The van der Waals surface area contributed by atoms with Gasteiger partial charge in [0.2, 0.25) is 0 Å². The first-order valence-corrected chi connectivity index (χ1v) is 8.34. The van der Waals surface area contributed by atoms with Crippen molar-refractivity contribution in [1.29, 1.82) is 0 Å². The number of phenolic OH excluding ortho intramolecular Hbond substituents is 1. The van der Waals surface area contributed by atoms with Gasteiger partial charge >= 0.3 is 0 Å². The van der Waals surface area contributed by atoms with E-state index in [1.165, 1.54) is 43.5 Å². The van der Waals surface area contributed by atoms with Crippen molar-refractivity contribution in [2.24, 2.45) is 0 Å². The quantitative estimate of drug-likeness (QED) is 0.721. The summed E-state index contributed by atoms with van der Waals surface area (Å²) in [5.74, 6) is 0.166. The highest BCUT2D eigenvalue weighted by Crippen LogP contribution is 2.33. The van der Waals surface area contributed by atoms with Gasteiger partial charge in [0, 0.05) is 6.07 Å². The molecule has 0 radical (unpaired) electrons. The number of carbonyl (C=O) groups excluding carboxylic acids is 1. The molecule has 3 N–H and O–H groups in total. The average molecular weight is 350 g/mol. The lowest BCUT2D eigenvalue weighted by Crippen LogP contribution is -2.25. The number of carbonyl (C=O) groups is 1. The maximum absolute atomic E-state index is 12.5. The van der Waals surface area contributed by atoms with E-state index < -0.39 is 10.0 Å². The molecule has 0 saturated heterocycles. The smallest absolute Gasteiger partial charge is 0.262 e. The van der Waals surface area contributed by atoms with Gasteiger partial charge in [-0.2, -0.15) is 0 Å². The normalized spacial score (nSPS) is 13.5. The number of hydrogen-bond acceptors (Lipinski definition) is 6. The van der Waals surface area contributed by atoms with E-state index in [0.29, 0.717) is 11.5 Å². The van der Waals surface area contributed by atoms with E-state index in [4.69, 9.17) is 9.47 Å². The summed E-state index contributed by atoms with van der Waals surface area (Å²) >= 11 is 0. The van der Waals surface area contributed by atoms with Crippen LogP contribution in [0.3, 0.4) is 0 Å². The minimum atomic E-state index is -3.98. The predicted octanol–water partition coefficient (Wildman–Crippen LogP) is 1.53. The van der Waals surface area contributed by atoms with Gasteiger partial charge in [0.15, 0.2) is 6.61 Å². The zero-order valence-corrected chi connectivity index (χ0v) is 13.4. The Labute approximate surface area is 138 Å². The van der Waals surface area contributed by atoms with Gasteiger partial charge in [0.25, 0.3) is 15.9 Å². The highest BCUT2D eigenvalue weighted by atomic mass is 32.2. The summed E-state index contributed by atoms with van der Waals surface area (Å²) < 4.78 is 37.5. The molecule has 0 atom stereocenters. The topological polar surface area (TPSA) is 114 Å². The summed E-state index contributed by atoms with van der Waals surface area (Å²) in [7, 11) is -2.56. The molecule has 24 heavy (non-hydrogen) atoms. The maximum Gasteiger partial charge on any atom is 0.262 e. The Morgan fingerprint density at radius 2 is 2.04 bits per heavy atom. The number of hydrogen-bond donors (Lipinski definition) is 3. The summed E-state index contributed by atoms with van der Waals surface area (Å²) in [4.78, 5) is 11.3. The van der Waals surface area contributed by atoms with Crippen LogP contribution in [0.1, 0.15) is 0 Å². The molecule has 2 aromatic rings. The van der Waals surface area contributed by atoms with Crippen LogP contribution in [0.4, 0.5) is 11.4 Å².